The molecule has 0 bridgehead atoms. The van der Waals surface area contributed by atoms with Crippen molar-refractivity contribution in [3.05, 3.63) is 121 Å². The van der Waals surface area contributed by atoms with Crippen LogP contribution in [0.4, 0.5) is 5.69 Å². The molecule has 4 rings (SSSR count). The van der Waals surface area contributed by atoms with Crippen LogP contribution >= 0.6 is 7.05 Å². The Morgan fingerprint density at radius 2 is 1.05 bits per heavy atom. The minimum Gasteiger partial charge on any atom is -0.254 e. The van der Waals surface area contributed by atoms with Crippen molar-refractivity contribution in [3.63, 3.8) is 0 Å². The van der Waals surface area contributed by atoms with E-state index in [1.807, 2.05) is 0 Å². The molecule has 0 fully saturated rings. The molecule has 0 aromatic heterocycles. The van der Waals surface area contributed by atoms with E-state index in [1.165, 1.54) is 21.5 Å². The van der Waals surface area contributed by atoms with Gasteiger partial charge in [0.15, 0.2) is 0 Å². The van der Waals surface area contributed by atoms with E-state index >= 15 is 0 Å². The van der Waals surface area contributed by atoms with Gasteiger partial charge in [-0.2, -0.15) is 0 Å². The van der Waals surface area contributed by atoms with E-state index in [2.05, 4.69) is 168 Å². The van der Waals surface area contributed by atoms with Crippen LogP contribution in [0.25, 0.3) is 0 Å². The molecular weight excluding hydrogens is 481 g/mol. The van der Waals surface area contributed by atoms with Crippen molar-refractivity contribution in [3.8, 4) is 11.5 Å². The van der Waals surface area contributed by atoms with E-state index in [0.717, 1.165) is 5.69 Å². The highest BCUT2D eigenvalue weighted by Gasteiger charge is 2.34. The van der Waals surface area contributed by atoms with Crippen LogP contribution in [-0.2, 0) is 0 Å². The van der Waals surface area contributed by atoms with E-state index in [0.29, 0.717) is 0 Å². The number of rotatable bonds is 5. The lowest BCUT2D eigenvalue weighted by molar-refractivity contribution is 0.730. The molecule has 1 nitrogen and oxygen atoms in total. The summed E-state index contributed by atoms with van der Waals surface area (Å²) in [6.07, 6.45) is 0. The summed E-state index contributed by atoms with van der Waals surface area (Å²) in [6.45, 7) is 13.9. The summed E-state index contributed by atoms with van der Waals surface area (Å²) in [4.78, 5) is 0. The van der Waals surface area contributed by atoms with E-state index in [9.17, 15) is 0 Å². The second-order valence-corrected chi connectivity index (χ2v) is 19.2. The molecule has 0 heterocycles. The highest BCUT2D eigenvalue weighted by atomic mass is 31.2. The topological polar surface area (TPSA) is 12.4 Å². The summed E-state index contributed by atoms with van der Waals surface area (Å²) in [7, 11) is -4.04. The van der Waals surface area contributed by atoms with E-state index in [4.69, 9.17) is 4.74 Å². The molecule has 0 N–H and O–H groups in total. The van der Waals surface area contributed by atoms with Crippen molar-refractivity contribution in [2.45, 2.75) is 51.7 Å². The Kier molecular flexibility index (Phi) is 8.08. The zero-order valence-corrected chi connectivity index (χ0v) is 24.8. The van der Waals surface area contributed by atoms with E-state index in [1.54, 1.807) is 0 Å². The zero-order valence-electron chi connectivity index (χ0n) is 22.9. The predicted octanol–water partition coefficient (Wildman–Crippen LogP) is 8.65. The molecule has 0 amide bonds. The van der Waals surface area contributed by atoms with Gasteiger partial charge >= 0.3 is 0 Å². The van der Waals surface area contributed by atoms with Crippen molar-refractivity contribution >= 4 is 36.7 Å². The maximum atomic E-state index is 5.77. The fraction of sp³-hybridized carbons (Fsp3) is 0.235. The molecule has 4 aromatic carbocycles. The Morgan fingerprint density at radius 1 is 0.649 bits per heavy atom. The van der Waals surface area contributed by atoms with Gasteiger partial charge in [-0.15, -0.1) is 11.5 Å². The van der Waals surface area contributed by atoms with Gasteiger partial charge in [0, 0.05) is 21.8 Å². The Balaban J connectivity index is 2.00. The fourth-order valence-corrected chi connectivity index (χ4v) is 8.72. The van der Waals surface area contributed by atoms with Gasteiger partial charge in [-0.1, -0.05) is 143 Å². The average molecular weight is 520 g/mol. The Labute approximate surface area is 225 Å². The number of nitrogens with zero attached hydrogens (tertiary/aromatic N) is 1. The summed E-state index contributed by atoms with van der Waals surface area (Å²) in [5, 5.41) is 3.99. The summed E-state index contributed by atoms with van der Waals surface area (Å²) >= 11 is 0. The Hall–Kier alpha value is -3.11. The lowest BCUT2D eigenvalue weighted by Gasteiger charge is -2.31. The van der Waals surface area contributed by atoms with Gasteiger partial charge < -0.3 is 0 Å². The van der Waals surface area contributed by atoms with Crippen LogP contribution in [0.3, 0.4) is 0 Å². The third kappa shape index (κ3) is 5.75. The third-order valence-corrected chi connectivity index (χ3v) is 15.7. The quantitative estimate of drug-likeness (QED) is 0.142. The maximum absolute atomic E-state index is 5.77. The van der Waals surface area contributed by atoms with Crippen molar-refractivity contribution in [2.24, 2.45) is 4.74 Å². The van der Waals surface area contributed by atoms with Crippen molar-refractivity contribution in [2.75, 3.05) is 0 Å². The molecule has 37 heavy (non-hydrogen) atoms. The lowest BCUT2D eigenvalue weighted by Crippen LogP contribution is -2.35. The summed E-state index contributed by atoms with van der Waals surface area (Å²) in [5.41, 5.74) is 5.97. The Bertz CT molecular complexity index is 1340. The van der Waals surface area contributed by atoms with Gasteiger partial charge in [0.2, 0.25) is 0 Å². The monoisotopic (exact) mass is 519 g/mol. The van der Waals surface area contributed by atoms with Crippen LogP contribution in [0.5, 0.6) is 0 Å². The highest BCUT2D eigenvalue weighted by molar-refractivity contribution is 7.87. The first kappa shape index (κ1) is 26.9. The van der Waals surface area contributed by atoms with Gasteiger partial charge in [-0.25, -0.2) is 0 Å². The molecule has 0 aliphatic carbocycles. The molecule has 0 aliphatic heterocycles. The second-order valence-electron chi connectivity index (χ2n) is 11.2. The van der Waals surface area contributed by atoms with Crippen LogP contribution in [0.1, 0.15) is 39.2 Å². The largest absolute Gasteiger partial charge is 0.254 e. The third-order valence-electron chi connectivity index (χ3n) is 7.53. The molecule has 0 radical (unpaired) electrons. The SMILES string of the molecule is CC(C#C[Si](C)(C)C(C)(C)C)c1ccccc1N=P(c1ccccc1)(c1ccccc1)c1ccccc1. The molecular formula is C34H38NPSi. The van der Waals surface area contributed by atoms with Gasteiger partial charge in [-0.05, 0) is 23.6 Å². The Morgan fingerprint density at radius 3 is 1.49 bits per heavy atom. The number of hydrogen-bond acceptors (Lipinski definition) is 1. The van der Waals surface area contributed by atoms with Crippen LogP contribution in [-0.4, -0.2) is 8.07 Å². The minimum absolute atomic E-state index is 0.0956. The summed E-state index contributed by atoms with van der Waals surface area (Å²) < 4.78 is 5.77. The van der Waals surface area contributed by atoms with Gasteiger partial charge in [0.05, 0.1) is 12.7 Å². The molecule has 0 saturated carbocycles. The predicted molar refractivity (Wildman–Crippen MR) is 167 cm³/mol. The van der Waals surface area contributed by atoms with Crippen molar-refractivity contribution in [1.29, 1.82) is 0 Å². The van der Waals surface area contributed by atoms with Crippen LogP contribution in [0, 0.1) is 11.5 Å². The molecule has 1 atom stereocenters. The molecule has 4 aromatic rings. The molecule has 0 spiro atoms. The normalized spacial score (nSPS) is 12.8. The standard InChI is InChI=1S/C34H38NPSi/c1-28(26-27-37(5,6)34(2,3)4)32-24-16-17-25-33(32)35-36(29-18-10-7-11-19-29,30-20-12-8-13-21-30)31-22-14-9-15-23-31/h7-25,28H,1-6H3. The number of benzene rings is 4. The maximum Gasteiger partial charge on any atom is 0.137 e. The molecule has 0 saturated heterocycles. The van der Waals surface area contributed by atoms with Gasteiger partial charge in [0.1, 0.15) is 8.07 Å². The first-order valence-electron chi connectivity index (χ1n) is 13.1. The summed E-state index contributed by atoms with van der Waals surface area (Å²) in [6, 6.07) is 41.0. The van der Waals surface area contributed by atoms with Crippen LogP contribution in [0.15, 0.2) is 120 Å². The lowest BCUT2D eigenvalue weighted by atomic mass is 10.0. The first-order valence-corrected chi connectivity index (χ1v) is 17.8. The van der Waals surface area contributed by atoms with E-state index < -0.39 is 15.1 Å². The molecule has 3 heteroatoms. The molecule has 188 valence electrons. The fourth-order valence-electron chi connectivity index (χ4n) is 4.21. The highest BCUT2D eigenvalue weighted by Crippen LogP contribution is 2.50. The minimum atomic E-state index is -2.33. The van der Waals surface area contributed by atoms with Crippen LogP contribution in [0.2, 0.25) is 18.1 Å². The van der Waals surface area contributed by atoms with Crippen molar-refractivity contribution in [1.82, 2.24) is 0 Å². The van der Waals surface area contributed by atoms with E-state index in [-0.39, 0.29) is 11.0 Å². The van der Waals surface area contributed by atoms with Gasteiger partial charge in [0.25, 0.3) is 0 Å². The summed E-state index contributed by atoms with van der Waals surface area (Å²) in [5.74, 6) is 3.75. The number of hydrogen-bond donors (Lipinski definition) is 0. The smallest absolute Gasteiger partial charge is 0.137 e. The van der Waals surface area contributed by atoms with Gasteiger partial charge in [-0.3, -0.25) is 4.74 Å². The second kappa shape index (κ2) is 11.1. The van der Waals surface area contributed by atoms with Crippen molar-refractivity contribution < 1.29 is 0 Å². The zero-order chi connectivity index (χ0) is 26.5. The molecule has 0 aliphatic rings. The van der Waals surface area contributed by atoms with Crippen LogP contribution < -0.4 is 15.9 Å². The molecule has 1 unspecified atom stereocenters. The first-order chi connectivity index (χ1) is 17.6. The average Bonchev–Trinajstić information content (AvgIpc) is 2.91.